The highest BCUT2D eigenvalue weighted by molar-refractivity contribution is 6.17. The Labute approximate surface area is 258 Å². The molecule has 0 radical (unpaired) electrons. The molecular weight excluding hydrogens is 544 g/mol. The van der Waals surface area contributed by atoms with Crippen molar-refractivity contribution in [3.05, 3.63) is 96.1 Å². The van der Waals surface area contributed by atoms with Gasteiger partial charge >= 0.3 is 0 Å². The van der Waals surface area contributed by atoms with Gasteiger partial charge in [0.05, 0.1) is 11.0 Å². The average Bonchev–Trinajstić information content (AvgIpc) is 3.52. The molecular formula is C38H40N4O2. The fourth-order valence-corrected chi connectivity index (χ4v) is 7.56. The number of aromatic nitrogens is 2. The third-order valence-electron chi connectivity index (χ3n) is 10.0. The van der Waals surface area contributed by atoms with E-state index in [9.17, 15) is 9.59 Å². The van der Waals surface area contributed by atoms with Crippen molar-refractivity contribution in [3.8, 4) is 0 Å². The van der Waals surface area contributed by atoms with Gasteiger partial charge in [0, 0.05) is 109 Å². The zero-order chi connectivity index (χ0) is 30.5. The topological polar surface area (TPSA) is 50.5 Å². The van der Waals surface area contributed by atoms with Crippen LogP contribution in [0.2, 0.25) is 0 Å². The van der Waals surface area contributed by atoms with Crippen LogP contribution < -0.4 is 0 Å². The maximum atomic E-state index is 13.7. The average molecular weight is 585 g/mol. The third-order valence-corrected chi connectivity index (χ3v) is 10.0. The molecule has 0 spiro atoms. The molecule has 0 aliphatic carbocycles. The third kappa shape index (κ3) is 4.73. The van der Waals surface area contributed by atoms with Gasteiger partial charge in [0.25, 0.3) is 0 Å². The Morgan fingerprint density at radius 3 is 1.32 bits per heavy atom. The molecule has 1 saturated heterocycles. The molecule has 1 aliphatic rings. The summed E-state index contributed by atoms with van der Waals surface area (Å²) in [7, 11) is 4.11. The predicted octanol–water partition coefficient (Wildman–Crippen LogP) is 7.22. The van der Waals surface area contributed by atoms with Crippen LogP contribution >= 0.6 is 0 Å². The van der Waals surface area contributed by atoms with Crippen molar-refractivity contribution < 1.29 is 9.59 Å². The summed E-state index contributed by atoms with van der Waals surface area (Å²) in [4.78, 5) is 32.2. The molecule has 2 atom stereocenters. The maximum Gasteiger partial charge on any atom is 0.166 e. The molecule has 0 amide bonds. The van der Waals surface area contributed by atoms with Crippen LogP contribution in [0.3, 0.4) is 0 Å². The summed E-state index contributed by atoms with van der Waals surface area (Å²) in [5.41, 5.74) is 5.95. The minimum atomic E-state index is 0.149. The molecule has 0 N–H and O–H groups in total. The molecule has 2 unspecified atom stereocenters. The minimum Gasteiger partial charge on any atom is -0.343 e. The van der Waals surface area contributed by atoms with Gasteiger partial charge in [-0.2, -0.15) is 0 Å². The van der Waals surface area contributed by atoms with Crippen molar-refractivity contribution in [1.82, 2.24) is 18.9 Å². The SMILES string of the molecule is CC(CC(=O)c1cccc2c3ccccc3n(C)c12)N1CCN(C(C)CC(=O)c2cccc3c4ccccc4n(C)c23)CC1. The highest BCUT2D eigenvalue weighted by atomic mass is 16.1. The molecule has 1 fully saturated rings. The second-order valence-corrected chi connectivity index (χ2v) is 12.6. The fourth-order valence-electron chi connectivity index (χ4n) is 7.56. The summed E-state index contributed by atoms with van der Waals surface area (Å²) in [6.07, 6.45) is 0.980. The second-order valence-electron chi connectivity index (χ2n) is 12.6. The van der Waals surface area contributed by atoms with Crippen LogP contribution in [0.15, 0.2) is 84.9 Å². The molecule has 0 bridgehead atoms. The fraction of sp³-hybridized carbons (Fsp3) is 0.316. The van der Waals surface area contributed by atoms with Crippen LogP contribution in [0, 0.1) is 0 Å². The number of ketones is 2. The number of rotatable bonds is 8. The zero-order valence-electron chi connectivity index (χ0n) is 26.1. The highest BCUT2D eigenvalue weighted by Gasteiger charge is 2.28. The van der Waals surface area contributed by atoms with Gasteiger partial charge in [0.1, 0.15) is 0 Å². The van der Waals surface area contributed by atoms with Crippen LogP contribution in [0.1, 0.15) is 47.4 Å². The lowest BCUT2D eigenvalue weighted by Crippen LogP contribution is -2.52. The van der Waals surface area contributed by atoms with E-state index in [-0.39, 0.29) is 23.7 Å². The summed E-state index contributed by atoms with van der Waals surface area (Å²) in [6, 6.07) is 29.2. The number of fused-ring (bicyclic) bond motifs is 6. The number of nitrogens with zero attached hydrogens (tertiary/aromatic N) is 4. The van der Waals surface area contributed by atoms with Crippen LogP contribution in [0.25, 0.3) is 43.6 Å². The smallest absolute Gasteiger partial charge is 0.166 e. The quantitative estimate of drug-likeness (QED) is 0.177. The molecule has 2 aromatic heterocycles. The Hall–Kier alpha value is -4.26. The molecule has 4 aromatic carbocycles. The van der Waals surface area contributed by atoms with Crippen LogP contribution in [0.5, 0.6) is 0 Å². The summed E-state index contributed by atoms with van der Waals surface area (Å²) >= 11 is 0. The first kappa shape index (κ1) is 28.5. The second kappa shape index (κ2) is 11.3. The van der Waals surface area contributed by atoms with E-state index in [4.69, 9.17) is 0 Å². The molecule has 0 saturated carbocycles. The Bertz CT molecular complexity index is 1900. The van der Waals surface area contributed by atoms with Gasteiger partial charge in [0.15, 0.2) is 11.6 Å². The lowest BCUT2D eigenvalue weighted by atomic mass is 9.99. The number of hydrogen-bond donors (Lipinski definition) is 0. The van der Waals surface area contributed by atoms with Crippen LogP contribution in [0.4, 0.5) is 0 Å². The first-order chi connectivity index (χ1) is 21.3. The number of carbonyl (C=O) groups excluding carboxylic acids is 2. The molecule has 224 valence electrons. The van der Waals surface area contributed by atoms with Crippen molar-refractivity contribution in [2.45, 2.75) is 38.8 Å². The summed E-state index contributed by atoms with van der Waals surface area (Å²) in [5, 5.41) is 4.64. The Balaban J connectivity index is 1.00. The van der Waals surface area contributed by atoms with E-state index >= 15 is 0 Å². The lowest BCUT2D eigenvalue weighted by Gasteiger charge is -2.40. The molecule has 7 rings (SSSR count). The van der Waals surface area contributed by atoms with Crippen LogP contribution in [-0.2, 0) is 14.1 Å². The zero-order valence-corrected chi connectivity index (χ0v) is 26.1. The first-order valence-electron chi connectivity index (χ1n) is 15.8. The number of para-hydroxylation sites is 4. The van der Waals surface area contributed by atoms with Crippen molar-refractivity contribution >= 4 is 55.2 Å². The Morgan fingerprint density at radius 2 is 0.909 bits per heavy atom. The number of Topliss-reactive ketones (excluding diaryl/α,β-unsaturated/α-hetero) is 2. The largest absolute Gasteiger partial charge is 0.343 e. The van der Waals surface area contributed by atoms with Crippen molar-refractivity contribution in [2.75, 3.05) is 26.2 Å². The minimum absolute atomic E-state index is 0.149. The van der Waals surface area contributed by atoms with E-state index in [0.717, 1.165) is 70.1 Å². The van der Waals surface area contributed by atoms with Crippen molar-refractivity contribution in [3.63, 3.8) is 0 Å². The number of benzene rings is 4. The van der Waals surface area contributed by atoms with Crippen LogP contribution in [-0.4, -0.2) is 68.8 Å². The molecule has 3 heterocycles. The van der Waals surface area contributed by atoms with E-state index in [1.807, 2.05) is 36.4 Å². The number of piperazine rings is 1. The van der Waals surface area contributed by atoms with Gasteiger partial charge in [-0.05, 0) is 38.1 Å². The Morgan fingerprint density at radius 1 is 0.545 bits per heavy atom. The van der Waals surface area contributed by atoms with E-state index in [1.165, 1.54) is 10.8 Å². The number of hydrogen-bond acceptors (Lipinski definition) is 4. The molecule has 1 aliphatic heterocycles. The highest BCUT2D eigenvalue weighted by Crippen LogP contribution is 2.32. The Kier molecular flexibility index (Phi) is 7.35. The van der Waals surface area contributed by atoms with Gasteiger partial charge in [0.2, 0.25) is 0 Å². The summed E-state index contributed by atoms with van der Waals surface area (Å²) < 4.78 is 4.31. The first-order valence-corrected chi connectivity index (χ1v) is 15.8. The van der Waals surface area contributed by atoms with E-state index in [1.54, 1.807) is 0 Å². The lowest BCUT2D eigenvalue weighted by molar-refractivity contribution is 0.0638. The van der Waals surface area contributed by atoms with Gasteiger partial charge < -0.3 is 9.13 Å². The molecule has 6 nitrogen and oxygen atoms in total. The van der Waals surface area contributed by atoms with E-state index in [2.05, 4.69) is 95.4 Å². The van der Waals surface area contributed by atoms with Crippen molar-refractivity contribution in [2.24, 2.45) is 14.1 Å². The van der Waals surface area contributed by atoms with Gasteiger partial charge in [-0.3, -0.25) is 19.4 Å². The molecule has 6 heteroatoms. The predicted molar refractivity (Wildman–Crippen MR) is 181 cm³/mol. The molecule has 6 aromatic rings. The van der Waals surface area contributed by atoms with E-state index < -0.39 is 0 Å². The normalized spacial score (nSPS) is 16.3. The van der Waals surface area contributed by atoms with Crippen molar-refractivity contribution in [1.29, 1.82) is 0 Å². The van der Waals surface area contributed by atoms with Gasteiger partial charge in [-0.25, -0.2) is 0 Å². The monoisotopic (exact) mass is 584 g/mol. The summed E-state index contributed by atoms with van der Waals surface area (Å²) in [5.74, 6) is 0.385. The van der Waals surface area contributed by atoms with Gasteiger partial charge in [-0.1, -0.05) is 60.7 Å². The standard InChI is InChI=1S/C38H40N4O2/c1-25(23-35(43)31-15-9-13-29-27-11-5-7-17-33(27)39(3)37(29)31)41-19-21-42(22-20-41)26(2)24-36(44)32-16-10-14-30-28-12-6-8-18-34(28)40(4)38(30)32/h5-18,25-26H,19-24H2,1-4H3. The molecule has 44 heavy (non-hydrogen) atoms. The van der Waals surface area contributed by atoms with E-state index in [0.29, 0.717) is 12.8 Å². The number of aryl methyl sites for hydroxylation is 2. The summed E-state index contributed by atoms with van der Waals surface area (Å²) in [6.45, 7) is 7.92. The number of carbonyl (C=O) groups is 2. The van der Waals surface area contributed by atoms with Gasteiger partial charge in [-0.15, -0.1) is 0 Å². The maximum absolute atomic E-state index is 13.7.